The van der Waals surface area contributed by atoms with Crippen LogP contribution in [0.4, 0.5) is 0 Å². The lowest BCUT2D eigenvalue weighted by atomic mass is 10.3. The van der Waals surface area contributed by atoms with E-state index in [1.807, 2.05) is 0 Å². The zero-order chi connectivity index (χ0) is 25.3. The zero-order valence-electron chi connectivity index (χ0n) is 21.4. The molecule has 0 amide bonds. The van der Waals surface area contributed by atoms with Crippen molar-refractivity contribution >= 4 is 0 Å². The van der Waals surface area contributed by atoms with Gasteiger partial charge >= 0.3 is 0 Å². The van der Waals surface area contributed by atoms with E-state index in [1.165, 1.54) is 0 Å². The van der Waals surface area contributed by atoms with Crippen molar-refractivity contribution < 1.29 is 30.6 Å². The van der Waals surface area contributed by atoms with E-state index >= 15 is 0 Å². The first kappa shape index (κ1) is 33.6. The Kier molecular flexibility index (Phi) is 25.4. The van der Waals surface area contributed by atoms with Crippen molar-refractivity contribution in [3.63, 3.8) is 0 Å². The Bertz CT molecular complexity index is 360. The standard InChI is InChI=1S/C24H54N4O6/c29-19-1-7-25(8-2-20-30)13-15-27(11-5-23-33)17-18-28(12-6-24-34)16-14-26(9-3-21-31)10-4-22-32/h29-34H,1-24H2. The first-order valence-electron chi connectivity index (χ1n) is 13.2. The molecule has 34 heavy (non-hydrogen) atoms. The van der Waals surface area contributed by atoms with Crippen molar-refractivity contribution in [3.8, 4) is 0 Å². The zero-order valence-corrected chi connectivity index (χ0v) is 21.4. The predicted octanol–water partition coefficient (Wildman–Crippen LogP) is -1.51. The molecule has 10 nitrogen and oxygen atoms in total. The second-order valence-corrected chi connectivity index (χ2v) is 8.83. The minimum atomic E-state index is 0.161. The summed E-state index contributed by atoms with van der Waals surface area (Å²) in [5.74, 6) is 0. The van der Waals surface area contributed by atoms with Crippen LogP contribution < -0.4 is 0 Å². The van der Waals surface area contributed by atoms with Crippen LogP contribution in [0.15, 0.2) is 0 Å². The second kappa shape index (κ2) is 25.7. The number of hydrogen-bond acceptors (Lipinski definition) is 10. The van der Waals surface area contributed by atoms with E-state index in [-0.39, 0.29) is 39.6 Å². The highest BCUT2D eigenvalue weighted by Gasteiger charge is 2.13. The second-order valence-electron chi connectivity index (χ2n) is 8.83. The fourth-order valence-corrected chi connectivity index (χ4v) is 3.96. The van der Waals surface area contributed by atoms with Gasteiger partial charge in [-0.05, 0) is 38.5 Å². The average molecular weight is 495 g/mol. The Morgan fingerprint density at radius 2 is 0.382 bits per heavy atom. The summed E-state index contributed by atoms with van der Waals surface area (Å²) in [4.78, 5) is 9.29. The van der Waals surface area contributed by atoms with Gasteiger partial charge in [0.05, 0.1) is 0 Å². The van der Waals surface area contributed by atoms with Crippen molar-refractivity contribution in [1.29, 1.82) is 0 Å². The minimum Gasteiger partial charge on any atom is -0.396 e. The monoisotopic (exact) mass is 494 g/mol. The maximum absolute atomic E-state index is 9.33. The van der Waals surface area contributed by atoms with Crippen LogP contribution in [0.3, 0.4) is 0 Å². The highest BCUT2D eigenvalue weighted by molar-refractivity contribution is 4.69. The molecule has 0 radical (unpaired) electrons. The van der Waals surface area contributed by atoms with Crippen LogP contribution in [-0.2, 0) is 0 Å². The van der Waals surface area contributed by atoms with Gasteiger partial charge in [-0.15, -0.1) is 0 Å². The third-order valence-corrected chi connectivity index (χ3v) is 5.99. The molecule has 0 aliphatic rings. The van der Waals surface area contributed by atoms with Gasteiger partial charge in [-0.1, -0.05) is 0 Å². The number of hydrogen-bond donors (Lipinski definition) is 6. The molecule has 0 aromatic heterocycles. The summed E-state index contributed by atoms with van der Waals surface area (Å²) in [6, 6.07) is 0. The number of rotatable bonds is 27. The largest absolute Gasteiger partial charge is 0.396 e. The third-order valence-electron chi connectivity index (χ3n) is 5.99. The lowest BCUT2D eigenvalue weighted by molar-refractivity contribution is 0.137. The molecule has 206 valence electrons. The molecule has 6 N–H and O–H groups in total. The van der Waals surface area contributed by atoms with E-state index in [2.05, 4.69) is 19.6 Å². The van der Waals surface area contributed by atoms with Gasteiger partial charge in [0.25, 0.3) is 0 Å². The summed E-state index contributed by atoms with van der Waals surface area (Å²) in [6.45, 7) is 11.0. The molecule has 0 aromatic carbocycles. The van der Waals surface area contributed by atoms with Gasteiger partial charge in [0.2, 0.25) is 0 Å². The van der Waals surface area contributed by atoms with Gasteiger partial charge in [0, 0.05) is 118 Å². The molecule has 0 fully saturated rings. The summed E-state index contributed by atoms with van der Waals surface area (Å²) in [6.07, 6.45) is 4.33. The predicted molar refractivity (Wildman–Crippen MR) is 136 cm³/mol. The summed E-state index contributed by atoms with van der Waals surface area (Å²) in [7, 11) is 0. The number of aliphatic hydroxyl groups excluding tert-OH is 6. The van der Waals surface area contributed by atoms with E-state index < -0.39 is 0 Å². The molecule has 0 bridgehead atoms. The summed E-state index contributed by atoms with van der Waals surface area (Å²) >= 11 is 0. The fraction of sp³-hybridized carbons (Fsp3) is 1.00. The Hall–Kier alpha value is -0.400. The van der Waals surface area contributed by atoms with Gasteiger partial charge < -0.3 is 50.2 Å². The van der Waals surface area contributed by atoms with Crippen LogP contribution in [0.2, 0.25) is 0 Å². The molecule has 0 spiro atoms. The Morgan fingerprint density at radius 3 is 0.529 bits per heavy atom. The topological polar surface area (TPSA) is 134 Å². The smallest absolute Gasteiger partial charge is 0.0443 e. The molecule has 10 heteroatoms. The van der Waals surface area contributed by atoms with Gasteiger partial charge in [-0.25, -0.2) is 0 Å². The third kappa shape index (κ3) is 19.9. The Morgan fingerprint density at radius 1 is 0.235 bits per heavy atom. The van der Waals surface area contributed by atoms with Crippen LogP contribution in [0, 0.1) is 0 Å². The Balaban J connectivity index is 4.82. The van der Waals surface area contributed by atoms with Crippen molar-refractivity contribution in [2.24, 2.45) is 0 Å². The molecule has 0 saturated carbocycles. The highest BCUT2D eigenvalue weighted by atomic mass is 16.3. The summed E-state index contributed by atoms with van der Waals surface area (Å²) in [5, 5.41) is 55.3. The van der Waals surface area contributed by atoms with Crippen LogP contribution in [0.25, 0.3) is 0 Å². The minimum absolute atomic E-state index is 0.161. The fourth-order valence-electron chi connectivity index (χ4n) is 3.96. The van der Waals surface area contributed by atoms with E-state index in [0.717, 1.165) is 117 Å². The highest BCUT2D eigenvalue weighted by Crippen LogP contribution is 2.02. The van der Waals surface area contributed by atoms with E-state index in [0.29, 0.717) is 0 Å². The molecule has 0 aromatic rings. The summed E-state index contributed by atoms with van der Waals surface area (Å²) < 4.78 is 0. The van der Waals surface area contributed by atoms with Crippen molar-refractivity contribution in [1.82, 2.24) is 19.6 Å². The average Bonchev–Trinajstić information content (AvgIpc) is 2.86. The number of nitrogens with zero attached hydrogens (tertiary/aromatic N) is 4. The van der Waals surface area contributed by atoms with E-state index in [4.69, 9.17) is 20.4 Å². The SMILES string of the molecule is OCCCN(CCCO)CCN(CCCO)CCN(CCCO)CCN(CCCO)CCCO. The lowest BCUT2D eigenvalue weighted by Crippen LogP contribution is -2.43. The van der Waals surface area contributed by atoms with E-state index in [9.17, 15) is 10.2 Å². The lowest BCUT2D eigenvalue weighted by Gasteiger charge is -2.31. The summed E-state index contributed by atoms with van der Waals surface area (Å²) in [5.41, 5.74) is 0. The van der Waals surface area contributed by atoms with Crippen LogP contribution in [0.5, 0.6) is 0 Å². The molecule has 0 atom stereocenters. The molecular weight excluding hydrogens is 440 g/mol. The van der Waals surface area contributed by atoms with Crippen LogP contribution >= 0.6 is 0 Å². The van der Waals surface area contributed by atoms with E-state index in [1.54, 1.807) is 0 Å². The maximum atomic E-state index is 9.33. The van der Waals surface area contributed by atoms with Crippen molar-refractivity contribution in [2.75, 3.05) is 118 Å². The first-order valence-corrected chi connectivity index (χ1v) is 13.2. The molecule has 0 heterocycles. The van der Waals surface area contributed by atoms with Crippen molar-refractivity contribution in [3.05, 3.63) is 0 Å². The molecule has 0 rings (SSSR count). The van der Waals surface area contributed by atoms with Crippen LogP contribution in [-0.4, -0.2) is 168 Å². The normalized spacial score (nSPS) is 12.2. The molecule has 0 saturated heterocycles. The van der Waals surface area contributed by atoms with Crippen molar-refractivity contribution in [2.45, 2.75) is 38.5 Å². The van der Waals surface area contributed by atoms with Crippen LogP contribution in [0.1, 0.15) is 38.5 Å². The quantitative estimate of drug-likeness (QED) is 0.0800. The number of aliphatic hydroxyl groups is 6. The Labute approximate surface area is 207 Å². The van der Waals surface area contributed by atoms with Gasteiger partial charge in [-0.3, -0.25) is 0 Å². The maximum Gasteiger partial charge on any atom is 0.0443 e. The first-order chi connectivity index (χ1) is 16.6. The molecule has 0 aliphatic carbocycles. The van der Waals surface area contributed by atoms with Gasteiger partial charge in [0.1, 0.15) is 0 Å². The van der Waals surface area contributed by atoms with Gasteiger partial charge in [-0.2, -0.15) is 0 Å². The molecular formula is C24H54N4O6. The van der Waals surface area contributed by atoms with Gasteiger partial charge in [0.15, 0.2) is 0 Å². The molecule has 0 unspecified atom stereocenters. The molecule has 0 aliphatic heterocycles.